The molecule has 0 aliphatic rings. The van der Waals surface area contributed by atoms with Crippen molar-refractivity contribution in [2.45, 2.75) is 6.92 Å². The van der Waals surface area contributed by atoms with Crippen LogP contribution >= 0.6 is 34.5 Å². The SMILES string of the molecule is Cc1cc(OCC(Cl)=CCl)c(C(=O)O)s1. The Morgan fingerprint density at radius 1 is 1.73 bits per heavy atom. The Labute approximate surface area is 101 Å². The molecule has 0 bridgehead atoms. The predicted molar refractivity (Wildman–Crippen MR) is 61.3 cm³/mol. The minimum Gasteiger partial charge on any atom is -0.486 e. The molecule has 0 aromatic carbocycles. The lowest BCUT2D eigenvalue weighted by Gasteiger charge is -2.03. The number of aromatic carboxylic acids is 1. The highest BCUT2D eigenvalue weighted by molar-refractivity contribution is 7.14. The van der Waals surface area contributed by atoms with E-state index in [9.17, 15) is 4.79 Å². The van der Waals surface area contributed by atoms with E-state index in [4.69, 9.17) is 33.0 Å². The molecule has 1 aromatic heterocycles. The third kappa shape index (κ3) is 3.41. The zero-order chi connectivity index (χ0) is 11.4. The second-order valence-electron chi connectivity index (χ2n) is 2.70. The first-order valence-corrected chi connectivity index (χ1v) is 5.59. The summed E-state index contributed by atoms with van der Waals surface area (Å²) in [6.45, 7) is 1.88. The van der Waals surface area contributed by atoms with Crippen LogP contribution in [0.1, 0.15) is 14.5 Å². The zero-order valence-corrected chi connectivity index (χ0v) is 10.1. The first-order valence-electron chi connectivity index (χ1n) is 3.96. The van der Waals surface area contributed by atoms with Gasteiger partial charge in [0.15, 0.2) is 4.88 Å². The molecule has 0 atom stereocenters. The van der Waals surface area contributed by atoms with Gasteiger partial charge in [-0.2, -0.15) is 0 Å². The number of rotatable bonds is 4. The molecule has 82 valence electrons. The molecule has 0 aliphatic heterocycles. The molecule has 0 radical (unpaired) electrons. The number of halogens is 2. The Hall–Kier alpha value is -0.710. The molecule has 0 amide bonds. The summed E-state index contributed by atoms with van der Waals surface area (Å²) in [6, 6.07) is 1.66. The number of ether oxygens (including phenoxy) is 1. The van der Waals surface area contributed by atoms with Crippen molar-refractivity contribution in [3.05, 3.63) is 26.4 Å². The van der Waals surface area contributed by atoms with E-state index in [1.807, 2.05) is 6.92 Å². The van der Waals surface area contributed by atoms with Crippen molar-refractivity contribution in [2.24, 2.45) is 0 Å². The highest BCUT2D eigenvalue weighted by atomic mass is 35.5. The Bertz CT molecular complexity index is 398. The van der Waals surface area contributed by atoms with Gasteiger partial charge in [-0.1, -0.05) is 23.2 Å². The quantitative estimate of drug-likeness (QED) is 0.908. The van der Waals surface area contributed by atoms with E-state index >= 15 is 0 Å². The zero-order valence-electron chi connectivity index (χ0n) is 7.79. The van der Waals surface area contributed by atoms with Crippen molar-refractivity contribution in [1.29, 1.82) is 0 Å². The number of hydrogen-bond donors (Lipinski definition) is 1. The normalized spacial score (nSPS) is 11.5. The van der Waals surface area contributed by atoms with Gasteiger partial charge in [0.05, 0.1) is 5.03 Å². The Morgan fingerprint density at radius 3 is 2.93 bits per heavy atom. The van der Waals surface area contributed by atoms with Crippen molar-refractivity contribution >= 4 is 40.5 Å². The first-order chi connectivity index (χ1) is 7.04. The number of carboxylic acids is 1. The van der Waals surface area contributed by atoms with Crippen LogP contribution in [0.2, 0.25) is 0 Å². The molecule has 0 saturated carbocycles. The van der Waals surface area contributed by atoms with Crippen molar-refractivity contribution in [2.75, 3.05) is 6.61 Å². The van der Waals surface area contributed by atoms with E-state index in [2.05, 4.69) is 0 Å². The van der Waals surface area contributed by atoms with E-state index in [0.29, 0.717) is 10.8 Å². The Balaban J connectivity index is 2.80. The average molecular weight is 267 g/mol. The predicted octanol–water partition coefficient (Wildman–Crippen LogP) is 3.45. The van der Waals surface area contributed by atoms with Crippen molar-refractivity contribution in [3.63, 3.8) is 0 Å². The van der Waals surface area contributed by atoms with E-state index in [-0.39, 0.29) is 11.5 Å². The third-order valence-corrected chi connectivity index (χ3v) is 3.11. The lowest BCUT2D eigenvalue weighted by Crippen LogP contribution is -2.01. The van der Waals surface area contributed by atoms with Gasteiger partial charge >= 0.3 is 5.97 Å². The standard InChI is InChI=1S/C9H8Cl2O3S/c1-5-2-7(8(15-5)9(12)13)14-4-6(11)3-10/h2-3H,4H2,1H3,(H,12,13). The molecule has 6 heteroatoms. The monoisotopic (exact) mass is 266 g/mol. The van der Waals surface area contributed by atoms with Crippen LogP contribution in [0, 0.1) is 6.92 Å². The Kier molecular flexibility index (Phi) is 4.45. The molecule has 0 fully saturated rings. The molecule has 0 unspecified atom stereocenters. The van der Waals surface area contributed by atoms with Crippen molar-refractivity contribution < 1.29 is 14.6 Å². The summed E-state index contributed by atoms with van der Waals surface area (Å²) < 4.78 is 5.22. The maximum Gasteiger partial charge on any atom is 0.349 e. The number of hydrogen-bond acceptors (Lipinski definition) is 3. The van der Waals surface area contributed by atoms with E-state index in [1.54, 1.807) is 6.07 Å². The van der Waals surface area contributed by atoms with E-state index < -0.39 is 5.97 Å². The molecule has 0 saturated heterocycles. The smallest absolute Gasteiger partial charge is 0.349 e. The molecule has 1 rings (SSSR count). The van der Waals surface area contributed by atoms with Crippen LogP contribution in [-0.4, -0.2) is 17.7 Å². The molecular weight excluding hydrogens is 259 g/mol. The van der Waals surface area contributed by atoms with Gasteiger partial charge in [-0.25, -0.2) is 4.79 Å². The molecule has 0 spiro atoms. The van der Waals surface area contributed by atoms with Crippen LogP contribution in [-0.2, 0) is 0 Å². The minimum atomic E-state index is -1.01. The summed E-state index contributed by atoms with van der Waals surface area (Å²) in [5.41, 5.74) is 1.18. The summed E-state index contributed by atoms with van der Waals surface area (Å²) in [5, 5.41) is 9.17. The van der Waals surface area contributed by atoms with Crippen LogP contribution in [0.4, 0.5) is 0 Å². The first kappa shape index (κ1) is 12.4. The molecule has 1 aromatic rings. The van der Waals surface area contributed by atoms with Gasteiger partial charge in [0.25, 0.3) is 0 Å². The van der Waals surface area contributed by atoms with E-state index in [1.165, 1.54) is 5.54 Å². The summed E-state index contributed by atoms with van der Waals surface area (Å²) in [6.07, 6.45) is 0. The molecule has 15 heavy (non-hydrogen) atoms. The van der Waals surface area contributed by atoms with Crippen LogP contribution in [0.3, 0.4) is 0 Å². The maximum atomic E-state index is 10.8. The fourth-order valence-electron chi connectivity index (χ4n) is 0.925. The summed E-state index contributed by atoms with van der Waals surface area (Å²) in [4.78, 5) is 11.8. The van der Waals surface area contributed by atoms with Gasteiger partial charge in [0.1, 0.15) is 12.4 Å². The molecule has 1 heterocycles. The summed E-state index contributed by atoms with van der Waals surface area (Å²) >= 11 is 12.1. The second kappa shape index (κ2) is 5.39. The molecule has 1 N–H and O–H groups in total. The lowest BCUT2D eigenvalue weighted by atomic mass is 10.4. The van der Waals surface area contributed by atoms with Crippen molar-refractivity contribution in [1.82, 2.24) is 0 Å². The molecular formula is C9H8Cl2O3S. The average Bonchev–Trinajstić information content (AvgIpc) is 2.56. The number of carbonyl (C=O) groups is 1. The van der Waals surface area contributed by atoms with Crippen LogP contribution in [0.15, 0.2) is 16.6 Å². The summed E-state index contributed by atoms with van der Waals surface area (Å²) in [5.74, 6) is -0.684. The molecule has 3 nitrogen and oxygen atoms in total. The Morgan fingerprint density at radius 2 is 2.40 bits per heavy atom. The number of carboxylic acid groups (broad SMARTS) is 1. The topological polar surface area (TPSA) is 46.5 Å². The van der Waals surface area contributed by atoms with Gasteiger partial charge in [-0.15, -0.1) is 11.3 Å². The number of thiophene rings is 1. The van der Waals surface area contributed by atoms with Crippen LogP contribution in [0.5, 0.6) is 5.75 Å². The fraction of sp³-hybridized carbons (Fsp3) is 0.222. The minimum absolute atomic E-state index is 0.0709. The van der Waals surface area contributed by atoms with Gasteiger partial charge < -0.3 is 9.84 Å². The van der Waals surface area contributed by atoms with Gasteiger partial charge in [-0.3, -0.25) is 0 Å². The van der Waals surface area contributed by atoms with Gasteiger partial charge in [0, 0.05) is 10.4 Å². The number of aryl methyl sites for hydroxylation is 1. The summed E-state index contributed by atoms with van der Waals surface area (Å²) in [7, 11) is 0. The van der Waals surface area contributed by atoms with Gasteiger partial charge in [0.2, 0.25) is 0 Å². The lowest BCUT2D eigenvalue weighted by molar-refractivity contribution is 0.0698. The second-order valence-corrected chi connectivity index (χ2v) is 4.66. The van der Waals surface area contributed by atoms with Crippen LogP contribution < -0.4 is 4.74 Å². The molecule has 0 aliphatic carbocycles. The highest BCUT2D eigenvalue weighted by Crippen LogP contribution is 2.29. The van der Waals surface area contributed by atoms with Crippen molar-refractivity contribution in [3.8, 4) is 5.75 Å². The van der Waals surface area contributed by atoms with Gasteiger partial charge in [-0.05, 0) is 13.0 Å². The van der Waals surface area contributed by atoms with E-state index in [0.717, 1.165) is 16.2 Å². The largest absolute Gasteiger partial charge is 0.486 e. The van der Waals surface area contributed by atoms with Crippen LogP contribution in [0.25, 0.3) is 0 Å². The third-order valence-electron chi connectivity index (χ3n) is 1.50. The maximum absolute atomic E-state index is 10.8. The highest BCUT2D eigenvalue weighted by Gasteiger charge is 2.15. The fourth-order valence-corrected chi connectivity index (χ4v) is 1.84.